The van der Waals surface area contributed by atoms with Crippen LogP contribution in [0.4, 0.5) is 0 Å². The van der Waals surface area contributed by atoms with E-state index in [-0.39, 0.29) is 17.4 Å². The van der Waals surface area contributed by atoms with Crippen LogP contribution in [0.1, 0.15) is 19.8 Å². The summed E-state index contributed by atoms with van der Waals surface area (Å²) in [5, 5.41) is 0. The maximum atomic E-state index is 11.3. The van der Waals surface area contributed by atoms with Gasteiger partial charge in [-0.2, -0.15) is 0 Å². The van der Waals surface area contributed by atoms with Crippen LogP contribution < -0.4 is 0 Å². The molecule has 0 radical (unpaired) electrons. The molecule has 0 saturated carbocycles. The van der Waals surface area contributed by atoms with Crippen molar-refractivity contribution in [2.24, 2.45) is 0 Å². The molecule has 76 valence electrons. The fourth-order valence-electron chi connectivity index (χ4n) is 1.88. The molecule has 0 aromatic carbocycles. The maximum absolute atomic E-state index is 11.3. The number of nitrogens with zero attached hydrogens (tertiary/aromatic N) is 1. The lowest BCUT2D eigenvalue weighted by atomic mass is 10.0. The van der Waals surface area contributed by atoms with Crippen molar-refractivity contribution < 1.29 is 14.3 Å². The molecular formula is C10H13NO3. The molecule has 4 heteroatoms. The monoisotopic (exact) mass is 195 g/mol. The summed E-state index contributed by atoms with van der Waals surface area (Å²) in [6.45, 7) is 3.04. The van der Waals surface area contributed by atoms with Crippen LogP contribution in [0, 0.1) is 0 Å². The van der Waals surface area contributed by atoms with Crippen LogP contribution in [0.15, 0.2) is 12.2 Å². The standard InChI is InChI=1S/C10H13NO3/c1-10(5-2-6-14-10)7-11-8(12)3-4-9(11)13/h3-4H,2,5-7H2,1H3. The number of carbonyl (C=O) groups is 2. The van der Waals surface area contributed by atoms with Crippen molar-refractivity contribution in [1.82, 2.24) is 4.90 Å². The number of amides is 2. The van der Waals surface area contributed by atoms with Crippen molar-refractivity contribution in [1.29, 1.82) is 0 Å². The molecule has 14 heavy (non-hydrogen) atoms. The van der Waals surface area contributed by atoms with Gasteiger partial charge in [-0.05, 0) is 19.8 Å². The molecule has 2 amide bonds. The average Bonchev–Trinajstić information content (AvgIpc) is 2.68. The molecule has 1 atom stereocenters. The average molecular weight is 195 g/mol. The smallest absolute Gasteiger partial charge is 0.253 e. The highest BCUT2D eigenvalue weighted by Crippen LogP contribution is 2.26. The normalized spacial score (nSPS) is 31.9. The van der Waals surface area contributed by atoms with Gasteiger partial charge in [-0.3, -0.25) is 14.5 Å². The van der Waals surface area contributed by atoms with Crippen LogP contribution in [0.25, 0.3) is 0 Å². The van der Waals surface area contributed by atoms with Crippen LogP contribution in [0.5, 0.6) is 0 Å². The summed E-state index contributed by atoms with van der Waals surface area (Å²) in [7, 11) is 0. The summed E-state index contributed by atoms with van der Waals surface area (Å²) in [6, 6.07) is 0. The van der Waals surface area contributed by atoms with Crippen LogP contribution in [-0.4, -0.2) is 35.5 Å². The fourth-order valence-corrected chi connectivity index (χ4v) is 1.88. The van der Waals surface area contributed by atoms with Gasteiger partial charge in [0, 0.05) is 18.8 Å². The summed E-state index contributed by atoms with van der Waals surface area (Å²) in [5.41, 5.74) is -0.336. The highest BCUT2D eigenvalue weighted by molar-refractivity contribution is 6.12. The van der Waals surface area contributed by atoms with Gasteiger partial charge in [-0.1, -0.05) is 0 Å². The van der Waals surface area contributed by atoms with Crippen molar-refractivity contribution in [3.05, 3.63) is 12.2 Å². The molecule has 0 bridgehead atoms. The topological polar surface area (TPSA) is 46.6 Å². The number of hydrogen-bond acceptors (Lipinski definition) is 3. The molecule has 2 rings (SSSR count). The predicted molar refractivity (Wildman–Crippen MR) is 49.5 cm³/mol. The third kappa shape index (κ3) is 1.57. The van der Waals surface area contributed by atoms with Gasteiger partial charge < -0.3 is 4.74 Å². The Morgan fingerprint density at radius 2 is 2.07 bits per heavy atom. The van der Waals surface area contributed by atoms with Crippen molar-refractivity contribution >= 4 is 11.8 Å². The number of ether oxygens (including phenoxy) is 1. The predicted octanol–water partition coefficient (Wildman–Crippen LogP) is 0.480. The number of carbonyl (C=O) groups excluding carboxylic acids is 2. The molecule has 0 aromatic rings. The Hall–Kier alpha value is -1.16. The zero-order valence-corrected chi connectivity index (χ0v) is 8.16. The zero-order valence-electron chi connectivity index (χ0n) is 8.16. The van der Waals surface area contributed by atoms with E-state index in [0.717, 1.165) is 19.4 Å². The Kier molecular flexibility index (Phi) is 2.15. The van der Waals surface area contributed by atoms with E-state index in [9.17, 15) is 9.59 Å². The second kappa shape index (κ2) is 3.20. The third-order valence-corrected chi connectivity index (χ3v) is 2.69. The molecule has 2 heterocycles. The molecule has 2 aliphatic heterocycles. The van der Waals surface area contributed by atoms with Gasteiger partial charge in [0.25, 0.3) is 11.8 Å². The van der Waals surface area contributed by atoms with E-state index in [1.165, 1.54) is 17.1 Å². The number of imide groups is 1. The lowest BCUT2D eigenvalue weighted by Crippen LogP contribution is -2.43. The molecule has 2 aliphatic rings. The SMILES string of the molecule is CC1(CN2C(=O)C=CC2=O)CCCO1. The molecule has 0 aliphatic carbocycles. The minimum atomic E-state index is -0.336. The molecule has 1 unspecified atom stereocenters. The summed E-state index contributed by atoms with van der Waals surface area (Å²) < 4.78 is 5.53. The summed E-state index contributed by atoms with van der Waals surface area (Å²) in [4.78, 5) is 23.8. The van der Waals surface area contributed by atoms with E-state index >= 15 is 0 Å². The van der Waals surface area contributed by atoms with E-state index < -0.39 is 0 Å². The van der Waals surface area contributed by atoms with Gasteiger partial charge in [0.1, 0.15) is 0 Å². The summed E-state index contributed by atoms with van der Waals surface area (Å²) in [5.74, 6) is -0.460. The Labute approximate surface area is 82.5 Å². The highest BCUT2D eigenvalue weighted by atomic mass is 16.5. The minimum absolute atomic E-state index is 0.230. The first-order chi connectivity index (χ1) is 6.61. The lowest BCUT2D eigenvalue weighted by Gasteiger charge is -2.27. The van der Waals surface area contributed by atoms with Gasteiger partial charge in [-0.15, -0.1) is 0 Å². The van der Waals surface area contributed by atoms with Crippen LogP contribution >= 0.6 is 0 Å². The van der Waals surface area contributed by atoms with E-state index in [1.54, 1.807) is 0 Å². The van der Waals surface area contributed by atoms with Crippen molar-refractivity contribution in [3.8, 4) is 0 Å². The molecule has 0 N–H and O–H groups in total. The minimum Gasteiger partial charge on any atom is -0.373 e. The Balaban J connectivity index is 2.04. The first-order valence-corrected chi connectivity index (χ1v) is 4.78. The number of rotatable bonds is 2. The van der Waals surface area contributed by atoms with Crippen LogP contribution in [-0.2, 0) is 14.3 Å². The maximum Gasteiger partial charge on any atom is 0.253 e. The van der Waals surface area contributed by atoms with Gasteiger partial charge in [-0.25, -0.2) is 0 Å². The van der Waals surface area contributed by atoms with Gasteiger partial charge >= 0.3 is 0 Å². The van der Waals surface area contributed by atoms with Crippen LogP contribution in [0.3, 0.4) is 0 Å². The summed E-state index contributed by atoms with van der Waals surface area (Å²) >= 11 is 0. The Bertz CT molecular complexity index is 284. The summed E-state index contributed by atoms with van der Waals surface area (Å²) in [6.07, 6.45) is 4.52. The number of hydrogen-bond donors (Lipinski definition) is 0. The van der Waals surface area contributed by atoms with Gasteiger partial charge in [0.15, 0.2) is 0 Å². The second-order valence-corrected chi connectivity index (χ2v) is 4.00. The van der Waals surface area contributed by atoms with Crippen LogP contribution in [0.2, 0.25) is 0 Å². The highest BCUT2D eigenvalue weighted by Gasteiger charge is 2.36. The zero-order chi connectivity index (χ0) is 10.2. The van der Waals surface area contributed by atoms with Gasteiger partial charge in [0.2, 0.25) is 0 Å². The molecule has 1 saturated heterocycles. The molecule has 0 aromatic heterocycles. The van der Waals surface area contributed by atoms with E-state index in [2.05, 4.69) is 0 Å². The molecular weight excluding hydrogens is 182 g/mol. The first-order valence-electron chi connectivity index (χ1n) is 4.78. The third-order valence-electron chi connectivity index (χ3n) is 2.69. The first kappa shape index (κ1) is 9.40. The largest absolute Gasteiger partial charge is 0.373 e. The molecule has 0 spiro atoms. The van der Waals surface area contributed by atoms with Crippen molar-refractivity contribution in [2.75, 3.05) is 13.2 Å². The Morgan fingerprint density at radius 1 is 1.43 bits per heavy atom. The van der Waals surface area contributed by atoms with Crippen molar-refractivity contribution in [2.45, 2.75) is 25.4 Å². The van der Waals surface area contributed by atoms with E-state index in [1.807, 2.05) is 6.92 Å². The lowest BCUT2D eigenvalue weighted by molar-refractivity contribution is -0.140. The fraction of sp³-hybridized carbons (Fsp3) is 0.600. The second-order valence-electron chi connectivity index (χ2n) is 4.00. The quantitative estimate of drug-likeness (QED) is 0.602. The van der Waals surface area contributed by atoms with Crippen molar-refractivity contribution in [3.63, 3.8) is 0 Å². The Morgan fingerprint density at radius 3 is 2.57 bits per heavy atom. The van der Waals surface area contributed by atoms with E-state index in [4.69, 9.17) is 4.74 Å². The molecule has 4 nitrogen and oxygen atoms in total. The van der Waals surface area contributed by atoms with E-state index in [0.29, 0.717) is 6.54 Å². The molecule has 1 fully saturated rings. The van der Waals surface area contributed by atoms with Gasteiger partial charge in [0.05, 0.1) is 12.1 Å².